The molecule has 0 aliphatic carbocycles. The summed E-state index contributed by atoms with van der Waals surface area (Å²) in [7, 11) is 0. The Hall–Kier alpha value is -5.10. The van der Waals surface area contributed by atoms with Gasteiger partial charge in [-0.15, -0.1) is 0 Å². The minimum Gasteiger partial charge on any atom is -0.494 e. The van der Waals surface area contributed by atoms with Crippen molar-refractivity contribution in [2.24, 2.45) is 0 Å². The molecule has 2 aromatic heterocycles. The normalized spacial score (nSPS) is 16.4. The third-order valence-corrected chi connectivity index (χ3v) is 10.8. The van der Waals surface area contributed by atoms with Crippen LogP contribution in [-0.4, -0.2) is 36.4 Å². The van der Waals surface area contributed by atoms with E-state index in [0.29, 0.717) is 0 Å². The summed E-state index contributed by atoms with van der Waals surface area (Å²) >= 11 is 0. The van der Waals surface area contributed by atoms with Crippen LogP contribution in [0.25, 0.3) is 44.3 Å². The molecule has 0 fully saturated rings. The van der Waals surface area contributed by atoms with Gasteiger partial charge in [-0.05, 0) is 111 Å². The van der Waals surface area contributed by atoms with Crippen LogP contribution in [0.15, 0.2) is 109 Å². The number of pyridine rings is 2. The van der Waals surface area contributed by atoms with Crippen molar-refractivity contribution in [2.45, 2.75) is 103 Å². The Morgan fingerprint density at radius 1 is 0.268 bits per heavy atom. The molecular weight excluding hydrogens is 693 g/mol. The van der Waals surface area contributed by atoms with Crippen molar-refractivity contribution in [1.29, 1.82) is 0 Å². The van der Waals surface area contributed by atoms with Crippen LogP contribution in [0, 0.1) is 0 Å². The second-order valence-corrected chi connectivity index (χ2v) is 15.2. The van der Waals surface area contributed by atoms with E-state index in [1.165, 1.54) is 77.0 Å². The van der Waals surface area contributed by atoms with Gasteiger partial charge < -0.3 is 18.9 Å². The Balaban J connectivity index is 0.948. The predicted octanol–water partition coefficient (Wildman–Crippen LogP) is 13.6. The minimum absolute atomic E-state index is 0.744. The van der Waals surface area contributed by atoms with Crippen LogP contribution < -0.4 is 18.9 Å². The number of ether oxygens (including phenoxy) is 4. The second-order valence-electron chi connectivity index (χ2n) is 15.2. The summed E-state index contributed by atoms with van der Waals surface area (Å²) in [4.78, 5) is 10.3. The zero-order chi connectivity index (χ0) is 38.0. The zero-order valence-corrected chi connectivity index (χ0v) is 33.1. The molecule has 6 heterocycles. The molecule has 6 heteroatoms. The topological polar surface area (TPSA) is 62.7 Å². The van der Waals surface area contributed by atoms with Crippen LogP contribution in [0.2, 0.25) is 0 Å². The van der Waals surface area contributed by atoms with Gasteiger partial charge in [-0.3, -0.25) is 0 Å². The molecule has 0 N–H and O–H groups in total. The molecule has 10 bridgehead atoms. The van der Waals surface area contributed by atoms with E-state index in [1.54, 1.807) is 0 Å². The minimum atomic E-state index is 0.744. The van der Waals surface area contributed by atoms with Gasteiger partial charge >= 0.3 is 0 Å². The monoisotopic (exact) mass is 750 g/mol. The maximum atomic E-state index is 6.10. The molecule has 0 radical (unpaired) electrons. The lowest BCUT2D eigenvalue weighted by Gasteiger charge is -2.10. The third kappa shape index (κ3) is 11.7. The standard InChI is InChI=1S/C50H58N2O4/c1-3-7-11-15-37-55-45-29-31-46(32-30-45)56-38-16-12-8-4-2-6-10-14-36-54-44-27-21-40(22-28-44)48-34-24-42-18-17-41-23-33-47(51-49(41)50(42)52-48)39-19-25-43(26-20-39)53-35-13-9-5-1/h17-34H,1-16,35-38H2. The van der Waals surface area contributed by atoms with Crippen LogP contribution in [0.1, 0.15) is 103 Å². The van der Waals surface area contributed by atoms with Gasteiger partial charge in [0.25, 0.3) is 0 Å². The Morgan fingerprint density at radius 3 is 0.821 bits per heavy atom. The molecule has 0 unspecified atom stereocenters. The number of hydrogen-bond acceptors (Lipinski definition) is 6. The molecule has 0 saturated heterocycles. The lowest BCUT2D eigenvalue weighted by atomic mass is 10.1. The Kier molecular flexibility index (Phi) is 14.9. The molecular formula is C50H58N2O4. The Labute approximate surface area is 333 Å². The molecule has 0 atom stereocenters. The summed E-state index contributed by atoms with van der Waals surface area (Å²) in [5.41, 5.74) is 5.81. The van der Waals surface area contributed by atoms with Gasteiger partial charge in [-0.2, -0.15) is 0 Å². The molecule has 4 aliphatic heterocycles. The van der Waals surface area contributed by atoms with Gasteiger partial charge in [0.1, 0.15) is 23.0 Å². The molecule has 292 valence electrons. The number of hydrogen-bond donors (Lipinski definition) is 0. The van der Waals surface area contributed by atoms with E-state index in [0.717, 1.165) is 119 Å². The summed E-state index contributed by atoms with van der Waals surface area (Å²) in [6.45, 7) is 3.03. The van der Waals surface area contributed by atoms with Crippen LogP contribution >= 0.6 is 0 Å². The van der Waals surface area contributed by atoms with E-state index < -0.39 is 0 Å². The summed E-state index contributed by atoms with van der Waals surface area (Å²) in [5, 5.41) is 2.16. The average molecular weight is 751 g/mol. The first-order valence-corrected chi connectivity index (χ1v) is 21.3. The van der Waals surface area contributed by atoms with Crippen molar-refractivity contribution in [3.63, 3.8) is 0 Å². The van der Waals surface area contributed by atoms with Gasteiger partial charge in [-0.1, -0.05) is 101 Å². The van der Waals surface area contributed by atoms with E-state index >= 15 is 0 Å². The second kappa shape index (κ2) is 21.3. The van der Waals surface area contributed by atoms with Crippen molar-refractivity contribution in [2.75, 3.05) is 26.4 Å². The summed E-state index contributed by atoms with van der Waals surface area (Å²) in [6, 6.07) is 37.5. The first-order valence-electron chi connectivity index (χ1n) is 21.3. The fraction of sp³-hybridized carbons (Fsp3) is 0.400. The number of nitrogens with zero attached hydrogens (tertiary/aromatic N) is 2. The number of rotatable bonds is 0. The third-order valence-electron chi connectivity index (χ3n) is 10.8. The first-order chi connectivity index (χ1) is 27.8. The fourth-order valence-electron chi connectivity index (χ4n) is 7.45. The Bertz CT molecular complexity index is 1910. The van der Waals surface area contributed by atoms with E-state index in [-0.39, 0.29) is 0 Å². The molecule has 4 aromatic carbocycles. The zero-order valence-electron chi connectivity index (χ0n) is 33.1. The van der Waals surface area contributed by atoms with Crippen LogP contribution in [-0.2, 0) is 0 Å². The van der Waals surface area contributed by atoms with Gasteiger partial charge in [0, 0.05) is 21.9 Å². The largest absolute Gasteiger partial charge is 0.494 e. The van der Waals surface area contributed by atoms with E-state index in [2.05, 4.69) is 84.9 Å². The fourth-order valence-corrected chi connectivity index (χ4v) is 7.45. The lowest BCUT2D eigenvalue weighted by Crippen LogP contribution is -1.99. The van der Waals surface area contributed by atoms with Crippen molar-refractivity contribution < 1.29 is 18.9 Å². The highest BCUT2D eigenvalue weighted by molar-refractivity contribution is 6.04. The average Bonchev–Trinajstić information content (AvgIpc) is 3.24. The molecule has 0 spiro atoms. The van der Waals surface area contributed by atoms with Crippen LogP contribution in [0.3, 0.4) is 0 Å². The molecule has 56 heavy (non-hydrogen) atoms. The van der Waals surface area contributed by atoms with Crippen molar-refractivity contribution >= 4 is 21.8 Å². The Morgan fingerprint density at radius 2 is 0.518 bits per heavy atom. The predicted molar refractivity (Wildman–Crippen MR) is 230 cm³/mol. The van der Waals surface area contributed by atoms with E-state index in [4.69, 9.17) is 28.9 Å². The maximum absolute atomic E-state index is 6.10. The molecule has 10 rings (SSSR count). The van der Waals surface area contributed by atoms with Crippen LogP contribution in [0.4, 0.5) is 0 Å². The molecule has 0 amide bonds. The van der Waals surface area contributed by atoms with Crippen molar-refractivity contribution in [1.82, 2.24) is 9.97 Å². The highest BCUT2D eigenvalue weighted by Crippen LogP contribution is 2.30. The number of aromatic nitrogens is 2. The van der Waals surface area contributed by atoms with Gasteiger partial charge in [0.15, 0.2) is 0 Å². The summed E-state index contributed by atoms with van der Waals surface area (Å²) < 4.78 is 24.2. The van der Waals surface area contributed by atoms with Gasteiger partial charge in [0.05, 0.1) is 48.8 Å². The smallest absolute Gasteiger partial charge is 0.119 e. The number of benzene rings is 4. The summed E-state index contributed by atoms with van der Waals surface area (Å²) in [6.07, 6.45) is 19.4. The molecule has 6 nitrogen and oxygen atoms in total. The van der Waals surface area contributed by atoms with Crippen LogP contribution in [0.5, 0.6) is 23.0 Å². The molecule has 0 saturated carbocycles. The first kappa shape index (κ1) is 39.1. The van der Waals surface area contributed by atoms with Gasteiger partial charge in [0.2, 0.25) is 0 Å². The highest BCUT2D eigenvalue weighted by Gasteiger charge is 2.10. The van der Waals surface area contributed by atoms with E-state index in [1.807, 2.05) is 24.3 Å². The van der Waals surface area contributed by atoms with E-state index in [9.17, 15) is 0 Å². The maximum Gasteiger partial charge on any atom is 0.119 e. The quantitative estimate of drug-likeness (QED) is 0.144. The lowest BCUT2D eigenvalue weighted by molar-refractivity contribution is 0.295. The van der Waals surface area contributed by atoms with Gasteiger partial charge in [-0.25, -0.2) is 9.97 Å². The van der Waals surface area contributed by atoms with Crippen molar-refractivity contribution in [3.8, 4) is 45.5 Å². The number of fused-ring (bicyclic) bond motifs is 2. The molecule has 6 aromatic rings. The summed E-state index contributed by atoms with van der Waals surface area (Å²) in [5.74, 6) is 3.66. The molecule has 4 aliphatic rings. The van der Waals surface area contributed by atoms with Crippen molar-refractivity contribution in [3.05, 3.63) is 109 Å². The SMILES string of the molecule is c1cc2ccc1OCCCCCCCCCCOc1ccc(cc1)-c1ccc3ccc4ccc(nc4c3n1)-c1ccc(cc1)OCCCCCCCCCCO2. The highest BCUT2D eigenvalue weighted by atomic mass is 16.5.